The van der Waals surface area contributed by atoms with Crippen LogP contribution < -0.4 is 15.4 Å². The molecule has 0 saturated carbocycles. The second-order valence-electron chi connectivity index (χ2n) is 5.46. The summed E-state index contributed by atoms with van der Waals surface area (Å²) in [6.07, 6.45) is 0. The van der Waals surface area contributed by atoms with Gasteiger partial charge in [0.1, 0.15) is 5.75 Å². The molecule has 2 rings (SSSR count). The number of methoxy groups -OCH3 is 1. The zero-order chi connectivity index (χ0) is 16.7. The highest BCUT2D eigenvalue weighted by Gasteiger charge is 2.11. The molecule has 2 aromatic carbocycles. The van der Waals surface area contributed by atoms with Crippen molar-refractivity contribution in [2.24, 2.45) is 0 Å². The standard InChI is InChI=1S/C18H23N3O2/c1-21(2)12-11-19-17-10-5-4-9-16(17)18(22)20-14-7-6-8-15(13-14)23-3/h4-10,13,19H,11-12H2,1-3H3,(H,20,22). The Morgan fingerprint density at radius 2 is 1.91 bits per heavy atom. The Bertz CT molecular complexity index is 656. The third-order valence-electron chi connectivity index (χ3n) is 3.37. The largest absolute Gasteiger partial charge is 0.497 e. The van der Waals surface area contributed by atoms with Gasteiger partial charge in [-0.25, -0.2) is 0 Å². The molecule has 0 aliphatic carbocycles. The van der Waals surface area contributed by atoms with Gasteiger partial charge in [-0.15, -0.1) is 0 Å². The second-order valence-corrected chi connectivity index (χ2v) is 5.46. The quantitative estimate of drug-likeness (QED) is 0.825. The molecule has 0 aliphatic heterocycles. The van der Waals surface area contributed by atoms with Gasteiger partial charge in [-0.05, 0) is 38.4 Å². The molecule has 0 aliphatic rings. The van der Waals surface area contributed by atoms with E-state index in [1.807, 2.05) is 56.6 Å². The summed E-state index contributed by atoms with van der Waals surface area (Å²) in [6.45, 7) is 1.67. The van der Waals surface area contributed by atoms with Gasteiger partial charge in [0.2, 0.25) is 0 Å². The van der Waals surface area contributed by atoms with Crippen molar-refractivity contribution in [1.82, 2.24) is 4.90 Å². The molecule has 2 N–H and O–H groups in total. The molecule has 0 aromatic heterocycles. The van der Waals surface area contributed by atoms with Gasteiger partial charge in [0.15, 0.2) is 0 Å². The minimum absolute atomic E-state index is 0.147. The molecule has 0 heterocycles. The molecule has 0 radical (unpaired) electrons. The van der Waals surface area contributed by atoms with Crippen molar-refractivity contribution in [1.29, 1.82) is 0 Å². The number of carbonyl (C=O) groups excluding carboxylic acids is 1. The summed E-state index contributed by atoms with van der Waals surface area (Å²) in [5.74, 6) is 0.561. The van der Waals surface area contributed by atoms with E-state index in [2.05, 4.69) is 15.5 Å². The van der Waals surface area contributed by atoms with E-state index >= 15 is 0 Å². The van der Waals surface area contributed by atoms with E-state index < -0.39 is 0 Å². The van der Waals surface area contributed by atoms with Crippen molar-refractivity contribution < 1.29 is 9.53 Å². The molecule has 0 spiro atoms. The van der Waals surface area contributed by atoms with Gasteiger partial charge in [-0.1, -0.05) is 18.2 Å². The van der Waals surface area contributed by atoms with Gasteiger partial charge < -0.3 is 20.3 Å². The van der Waals surface area contributed by atoms with Crippen LogP contribution in [0.25, 0.3) is 0 Å². The molecular formula is C18H23N3O2. The van der Waals surface area contributed by atoms with Crippen LogP contribution in [0.15, 0.2) is 48.5 Å². The monoisotopic (exact) mass is 313 g/mol. The molecule has 5 heteroatoms. The number of nitrogens with zero attached hydrogens (tertiary/aromatic N) is 1. The van der Waals surface area contributed by atoms with E-state index in [0.29, 0.717) is 17.0 Å². The number of likely N-dealkylation sites (N-methyl/N-ethyl adjacent to an activating group) is 1. The van der Waals surface area contributed by atoms with Crippen molar-refractivity contribution in [3.05, 3.63) is 54.1 Å². The Balaban J connectivity index is 2.09. The van der Waals surface area contributed by atoms with Crippen molar-refractivity contribution >= 4 is 17.3 Å². The van der Waals surface area contributed by atoms with Gasteiger partial charge in [-0.2, -0.15) is 0 Å². The van der Waals surface area contributed by atoms with E-state index in [1.54, 1.807) is 13.2 Å². The molecule has 2 aromatic rings. The molecule has 0 unspecified atom stereocenters. The third-order valence-corrected chi connectivity index (χ3v) is 3.37. The number of carbonyl (C=O) groups is 1. The number of rotatable bonds is 7. The number of hydrogen-bond acceptors (Lipinski definition) is 4. The second kappa shape index (κ2) is 8.19. The van der Waals surface area contributed by atoms with Crippen molar-refractivity contribution in [3.8, 4) is 5.75 Å². The van der Waals surface area contributed by atoms with E-state index in [-0.39, 0.29) is 5.91 Å². The molecular weight excluding hydrogens is 290 g/mol. The smallest absolute Gasteiger partial charge is 0.257 e. The van der Waals surface area contributed by atoms with Gasteiger partial charge in [0.05, 0.1) is 12.7 Å². The Morgan fingerprint density at radius 1 is 1.13 bits per heavy atom. The van der Waals surface area contributed by atoms with E-state index in [1.165, 1.54) is 0 Å². The number of nitrogens with one attached hydrogen (secondary N) is 2. The predicted octanol–water partition coefficient (Wildman–Crippen LogP) is 2.92. The summed E-state index contributed by atoms with van der Waals surface area (Å²) in [6, 6.07) is 14.8. The molecule has 0 bridgehead atoms. The van der Waals surface area contributed by atoms with Crippen LogP contribution in [-0.4, -0.2) is 45.1 Å². The van der Waals surface area contributed by atoms with Crippen LogP contribution in [0.1, 0.15) is 10.4 Å². The van der Waals surface area contributed by atoms with Gasteiger partial charge in [0.25, 0.3) is 5.91 Å². The summed E-state index contributed by atoms with van der Waals surface area (Å²) >= 11 is 0. The maximum Gasteiger partial charge on any atom is 0.257 e. The fourth-order valence-electron chi connectivity index (χ4n) is 2.15. The van der Waals surface area contributed by atoms with Crippen molar-refractivity contribution in [2.75, 3.05) is 44.9 Å². The average molecular weight is 313 g/mol. The first-order valence-corrected chi connectivity index (χ1v) is 7.53. The zero-order valence-corrected chi connectivity index (χ0v) is 13.8. The van der Waals surface area contributed by atoms with Crippen molar-refractivity contribution in [2.45, 2.75) is 0 Å². The highest BCUT2D eigenvalue weighted by Crippen LogP contribution is 2.20. The van der Waals surface area contributed by atoms with Crippen LogP contribution in [0.2, 0.25) is 0 Å². The Kier molecular flexibility index (Phi) is 6.00. The van der Waals surface area contributed by atoms with E-state index in [4.69, 9.17) is 4.74 Å². The number of para-hydroxylation sites is 1. The molecule has 0 saturated heterocycles. The van der Waals surface area contributed by atoms with E-state index in [0.717, 1.165) is 18.8 Å². The normalized spacial score (nSPS) is 10.4. The highest BCUT2D eigenvalue weighted by molar-refractivity contribution is 6.08. The summed E-state index contributed by atoms with van der Waals surface area (Å²) in [5.41, 5.74) is 2.15. The fourth-order valence-corrected chi connectivity index (χ4v) is 2.15. The molecule has 122 valence electrons. The first-order chi connectivity index (χ1) is 11.1. The summed E-state index contributed by atoms with van der Waals surface area (Å²) < 4.78 is 5.17. The van der Waals surface area contributed by atoms with E-state index in [9.17, 15) is 4.79 Å². The lowest BCUT2D eigenvalue weighted by Crippen LogP contribution is -2.22. The van der Waals surface area contributed by atoms with Crippen LogP contribution in [-0.2, 0) is 0 Å². The summed E-state index contributed by atoms with van der Waals surface area (Å²) in [4.78, 5) is 14.6. The van der Waals surface area contributed by atoms with Crippen LogP contribution >= 0.6 is 0 Å². The topological polar surface area (TPSA) is 53.6 Å². The maximum absolute atomic E-state index is 12.5. The van der Waals surface area contributed by atoms with Crippen LogP contribution in [0.3, 0.4) is 0 Å². The predicted molar refractivity (Wildman–Crippen MR) is 94.4 cm³/mol. The Morgan fingerprint density at radius 3 is 2.65 bits per heavy atom. The Labute approximate surface area is 137 Å². The first kappa shape index (κ1) is 16.8. The Hall–Kier alpha value is -2.53. The van der Waals surface area contributed by atoms with Crippen LogP contribution in [0, 0.1) is 0 Å². The van der Waals surface area contributed by atoms with Gasteiger partial charge in [0, 0.05) is 30.5 Å². The van der Waals surface area contributed by atoms with Crippen LogP contribution in [0.4, 0.5) is 11.4 Å². The number of anilines is 2. The number of amides is 1. The summed E-state index contributed by atoms with van der Waals surface area (Å²) in [5, 5.41) is 6.21. The lowest BCUT2D eigenvalue weighted by atomic mass is 10.1. The highest BCUT2D eigenvalue weighted by atomic mass is 16.5. The molecule has 0 atom stereocenters. The average Bonchev–Trinajstić information content (AvgIpc) is 2.55. The SMILES string of the molecule is COc1cccc(NC(=O)c2ccccc2NCCN(C)C)c1. The maximum atomic E-state index is 12.5. The lowest BCUT2D eigenvalue weighted by Gasteiger charge is -2.14. The molecule has 0 fully saturated rings. The minimum Gasteiger partial charge on any atom is -0.497 e. The zero-order valence-electron chi connectivity index (χ0n) is 13.8. The minimum atomic E-state index is -0.147. The van der Waals surface area contributed by atoms with Gasteiger partial charge in [-0.3, -0.25) is 4.79 Å². The van der Waals surface area contributed by atoms with Crippen molar-refractivity contribution in [3.63, 3.8) is 0 Å². The number of benzene rings is 2. The third kappa shape index (κ3) is 5.00. The van der Waals surface area contributed by atoms with Gasteiger partial charge >= 0.3 is 0 Å². The summed E-state index contributed by atoms with van der Waals surface area (Å²) in [7, 11) is 5.64. The molecule has 23 heavy (non-hydrogen) atoms. The fraction of sp³-hybridized carbons (Fsp3) is 0.278. The lowest BCUT2D eigenvalue weighted by molar-refractivity contribution is 0.102. The number of ether oxygens (including phenoxy) is 1. The molecule has 5 nitrogen and oxygen atoms in total. The van der Waals surface area contributed by atoms with Crippen LogP contribution in [0.5, 0.6) is 5.75 Å². The molecule has 1 amide bonds. The first-order valence-electron chi connectivity index (χ1n) is 7.53. The number of hydrogen-bond donors (Lipinski definition) is 2.